The van der Waals surface area contributed by atoms with Crippen molar-refractivity contribution in [2.45, 2.75) is 69.2 Å². The number of urea groups is 1. The van der Waals surface area contributed by atoms with Gasteiger partial charge in [-0.05, 0) is 37.2 Å². The number of primary amides is 1. The van der Waals surface area contributed by atoms with Crippen molar-refractivity contribution in [1.29, 1.82) is 0 Å². The van der Waals surface area contributed by atoms with Gasteiger partial charge in [-0.15, -0.1) is 0 Å². The lowest BCUT2D eigenvalue weighted by Crippen LogP contribution is -2.62. The topological polar surface area (TPSA) is 99.7 Å². The minimum absolute atomic E-state index is 0.151. The Labute approximate surface area is 192 Å². The molecule has 2 aromatic rings. The fraction of sp³-hybridized carbons (Fsp3) is 0.542. The number of nitrogens with two attached hydrogens (primary N) is 1. The van der Waals surface area contributed by atoms with Crippen LogP contribution in [0.2, 0.25) is 0 Å². The van der Waals surface area contributed by atoms with Crippen LogP contribution in [0.5, 0.6) is 0 Å². The summed E-state index contributed by atoms with van der Waals surface area (Å²) < 4.78 is 1.54. The number of benzene rings is 1. The molecule has 9 nitrogen and oxygen atoms in total. The van der Waals surface area contributed by atoms with E-state index in [1.165, 1.54) is 35.6 Å². The van der Waals surface area contributed by atoms with Gasteiger partial charge in [0.1, 0.15) is 19.2 Å². The van der Waals surface area contributed by atoms with Gasteiger partial charge in [-0.25, -0.2) is 4.79 Å². The molecule has 9 heteroatoms. The molecular formula is C24H30N5O4+. The first-order valence-electron chi connectivity index (χ1n) is 11.9. The van der Waals surface area contributed by atoms with Crippen LogP contribution in [0.1, 0.15) is 66.5 Å². The second kappa shape index (κ2) is 7.65. The standard InChI is InChI=1S/C24H29N5O4/c1-27-22-17-8-7-16(11-17)21(22)19(26-27)14-33-29-12-18(9-10-20(29)23(25)30)28(24(29)31)32-13-15-5-3-2-4-6-15/h2-6,16-18,20H,7-14H2,1H3,(H-,25,30)/p+1/t16?,17?,18-,20+,29?/m1/s1. The average Bonchev–Trinajstić information content (AvgIpc) is 3.55. The van der Waals surface area contributed by atoms with E-state index in [4.69, 9.17) is 20.5 Å². The van der Waals surface area contributed by atoms with E-state index in [1.807, 2.05) is 42.1 Å². The number of quaternary nitrogens is 1. The number of hydrogen-bond acceptors (Lipinski definition) is 5. The molecule has 3 fully saturated rings. The molecule has 6 rings (SSSR count). The van der Waals surface area contributed by atoms with Gasteiger partial charge in [-0.2, -0.15) is 15.0 Å². The number of piperidine rings is 1. The van der Waals surface area contributed by atoms with Crippen molar-refractivity contribution in [2.24, 2.45) is 12.8 Å². The number of carbonyl (C=O) groups is 2. The van der Waals surface area contributed by atoms with Crippen LogP contribution in [0, 0.1) is 0 Å². The van der Waals surface area contributed by atoms with Gasteiger partial charge in [0.05, 0.1) is 5.69 Å². The molecule has 4 aliphatic rings. The van der Waals surface area contributed by atoms with Crippen molar-refractivity contribution in [1.82, 2.24) is 14.8 Å². The third-order valence-corrected chi connectivity index (χ3v) is 8.01. The number of nitrogens with zero attached hydrogens (tertiary/aromatic N) is 4. The van der Waals surface area contributed by atoms with Crippen molar-refractivity contribution in [3.8, 4) is 0 Å². The van der Waals surface area contributed by atoms with Crippen LogP contribution >= 0.6 is 0 Å². The van der Waals surface area contributed by atoms with E-state index in [1.54, 1.807) is 0 Å². The van der Waals surface area contributed by atoms with Gasteiger partial charge in [0.25, 0.3) is 5.91 Å². The molecule has 2 saturated heterocycles. The Kier molecular flexibility index (Phi) is 4.83. The number of hydrogen-bond donors (Lipinski definition) is 1. The van der Waals surface area contributed by atoms with Crippen LogP contribution < -0.4 is 5.73 Å². The summed E-state index contributed by atoms with van der Waals surface area (Å²) in [6.45, 7) is 0.810. The zero-order valence-corrected chi connectivity index (χ0v) is 18.9. The second-order valence-corrected chi connectivity index (χ2v) is 9.84. The number of amides is 3. The molecule has 3 unspecified atom stereocenters. The predicted molar refractivity (Wildman–Crippen MR) is 117 cm³/mol. The highest BCUT2D eigenvalue weighted by atomic mass is 16.8. The Morgan fingerprint density at radius 3 is 2.73 bits per heavy atom. The molecule has 3 heterocycles. The first kappa shape index (κ1) is 20.8. The number of hydroxylamine groups is 5. The van der Waals surface area contributed by atoms with Crippen molar-refractivity contribution in [3.63, 3.8) is 0 Å². The quantitative estimate of drug-likeness (QED) is 0.651. The molecule has 1 aromatic carbocycles. The number of fused-ring (bicyclic) bond motifs is 7. The van der Waals surface area contributed by atoms with Crippen molar-refractivity contribution in [2.75, 3.05) is 6.54 Å². The summed E-state index contributed by atoms with van der Waals surface area (Å²) in [5, 5.41) is 6.15. The summed E-state index contributed by atoms with van der Waals surface area (Å²) in [7, 11) is 1.99. The third-order valence-electron chi connectivity index (χ3n) is 8.01. The summed E-state index contributed by atoms with van der Waals surface area (Å²) >= 11 is 0. The van der Waals surface area contributed by atoms with Crippen molar-refractivity contribution < 1.29 is 23.9 Å². The highest BCUT2D eigenvalue weighted by Crippen LogP contribution is 2.54. The zero-order chi connectivity index (χ0) is 22.7. The van der Waals surface area contributed by atoms with Crippen LogP contribution in [-0.4, -0.2) is 50.1 Å². The molecule has 174 valence electrons. The number of aryl methyl sites for hydroxylation is 1. The van der Waals surface area contributed by atoms with E-state index in [-0.39, 0.29) is 25.3 Å². The van der Waals surface area contributed by atoms with Crippen LogP contribution in [-0.2, 0) is 34.7 Å². The highest BCUT2D eigenvalue weighted by molar-refractivity contribution is 5.82. The molecule has 5 atom stereocenters. The van der Waals surface area contributed by atoms with Crippen LogP contribution in [0.25, 0.3) is 0 Å². The Morgan fingerprint density at radius 2 is 1.94 bits per heavy atom. The number of rotatable bonds is 7. The molecule has 2 N–H and O–H groups in total. The highest BCUT2D eigenvalue weighted by Gasteiger charge is 2.65. The molecule has 2 aliphatic heterocycles. The van der Waals surface area contributed by atoms with E-state index in [0.29, 0.717) is 31.2 Å². The Hall–Kier alpha value is -2.75. The van der Waals surface area contributed by atoms with Crippen LogP contribution in [0.15, 0.2) is 30.3 Å². The van der Waals surface area contributed by atoms with Crippen LogP contribution in [0.4, 0.5) is 4.79 Å². The SMILES string of the molecule is Cn1nc(CO[N+]23C[C@@H](CC[C@H]2C(N)=O)N(OCc2ccccc2)C3=O)c2c1C1CCC2C1. The summed E-state index contributed by atoms with van der Waals surface area (Å²) in [6, 6.07) is 8.48. The van der Waals surface area contributed by atoms with Crippen molar-refractivity contribution >= 4 is 11.9 Å². The largest absolute Gasteiger partial charge is 0.476 e. The summed E-state index contributed by atoms with van der Waals surface area (Å²) in [4.78, 5) is 38.3. The van der Waals surface area contributed by atoms with E-state index >= 15 is 0 Å². The molecule has 0 radical (unpaired) electrons. The molecule has 4 bridgehead atoms. The average molecular weight is 453 g/mol. The fourth-order valence-electron chi connectivity index (χ4n) is 6.56. The maximum absolute atomic E-state index is 13.6. The lowest BCUT2D eigenvalue weighted by molar-refractivity contribution is -1.05. The van der Waals surface area contributed by atoms with E-state index in [2.05, 4.69) is 0 Å². The first-order valence-corrected chi connectivity index (χ1v) is 11.9. The fourth-order valence-corrected chi connectivity index (χ4v) is 6.56. The zero-order valence-electron chi connectivity index (χ0n) is 18.9. The van der Waals surface area contributed by atoms with Gasteiger partial charge >= 0.3 is 6.03 Å². The van der Waals surface area contributed by atoms with E-state index in [0.717, 1.165) is 11.3 Å². The normalized spacial score (nSPS) is 31.9. The number of aromatic nitrogens is 2. The molecular weight excluding hydrogens is 422 g/mol. The smallest absolute Gasteiger partial charge is 0.364 e. The first-order chi connectivity index (χ1) is 16.0. The number of carbonyl (C=O) groups excluding carboxylic acids is 2. The van der Waals surface area contributed by atoms with Gasteiger partial charge in [0.2, 0.25) is 6.04 Å². The van der Waals surface area contributed by atoms with Gasteiger partial charge in [-0.3, -0.25) is 14.3 Å². The molecule has 3 amide bonds. The molecule has 2 aliphatic carbocycles. The van der Waals surface area contributed by atoms with Crippen LogP contribution in [0.3, 0.4) is 0 Å². The molecule has 33 heavy (non-hydrogen) atoms. The maximum Gasteiger partial charge on any atom is 0.476 e. The van der Waals surface area contributed by atoms with Gasteiger partial charge in [0, 0.05) is 30.6 Å². The molecule has 1 aromatic heterocycles. The lowest BCUT2D eigenvalue weighted by atomic mass is 9.95. The second-order valence-electron chi connectivity index (χ2n) is 9.84. The van der Waals surface area contributed by atoms with Gasteiger partial charge < -0.3 is 5.73 Å². The van der Waals surface area contributed by atoms with E-state index < -0.39 is 16.6 Å². The van der Waals surface area contributed by atoms with Crippen molar-refractivity contribution in [3.05, 3.63) is 52.8 Å². The molecule has 0 spiro atoms. The van der Waals surface area contributed by atoms with Gasteiger partial charge in [0.15, 0.2) is 6.61 Å². The summed E-state index contributed by atoms with van der Waals surface area (Å²) in [5.74, 6) is 0.590. The Morgan fingerprint density at radius 1 is 1.15 bits per heavy atom. The summed E-state index contributed by atoms with van der Waals surface area (Å²) in [5.41, 5.74) is 10.2. The molecule has 1 saturated carbocycles. The summed E-state index contributed by atoms with van der Waals surface area (Å²) in [6.07, 6.45) is 4.72. The minimum Gasteiger partial charge on any atom is -0.364 e. The van der Waals surface area contributed by atoms with Gasteiger partial charge in [-0.1, -0.05) is 35.0 Å². The maximum atomic E-state index is 13.6. The van der Waals surface area contributed by atoms with E-state index in [9.17, 15) is 9.59 Å². The third kappa shape index (κ3) is 3.13. The Balaban J connectivity index is 1.25. The monoisotopic (exact) mass is 452 g/mol. The Bertz CT molecular complexity index is 1100. The minimum atomic E-state index is -0.729. The lowest BCUT2D eigenvalue weighted by Gasteiger charge is -2.35. The predicted octanol–water partition coefficient (Wildman–Crippen LogP) is 2.62.